The van der Waals surface area contributed by atoms with Crippen LogP contribution >= 0.6 is 0 Å². The maximum Gasteiger partial charge on any atom is 0.242 e. The van der Waals surface area contributed by atoms with Crippen LogP contribution in [-0.2, 0) is 9.59 Å². The van der Waals surface area contributed by atoms with E-state index in [1.165, 1.54) is 0 Å². The zero-order valence-corrected chi connectivity index (χ0v) is 11.2. The minimum absolute atomic E-state index is 0.0695. The van der Waals surface area contributed by atoms with Crippen molar-refractivity contribution in [3.8, 4) is 5.75 Å². The number of carbonyl (C=O) groups is 2. The monoisotopic (exact) mass is 262 g/mol. The van der Waals surface area contributed by atoms with Gasteiger partial charge in [-0.3, -0.25) is 9.59 Å². The molecule has 1 fully saturated rings. The van der Waals surface area contributed by atoms with E-state index in [-0.39, 0.29) is 18.4 Å². The molecule has 102 valence electrons. The number of piperazine rings is 1. The molecule has 1 aromatic rings. The average Bonchev–Trinajstić information content (AvgIpc) is 2.38. The largest absolute Gasteiger partial charge is 0.492 e. The number of hydrogen-bond donors (Lipinski definition) is 1. The van der Waals surface area contributed by atoms with Gasteiger partial charge in [0.25, 0.3) is 0 Å². The van der Waals surface area contributed by atoms with Crippen LogP contribution < -0.4 is 10.1 Å². The lowest BCUT2D eigenvalue weighted by Gasteiger charge is -2.32. The highest BCUT2D eigenvalue weighted by Crippen LogP contribution is 2.12. The standard InChI is InChI=1S/C14H18N2O3/c1-10-4-3-5-12(8-10)19-7-6-16-11(2)14(18)15-9-13(16)17/h3-5,8,11H,6-7,9H2,1-2H3,(H,15,18). The fourth-order valence-electron chi connectivity index (χ4n) is 2.05. The van der Waals surface area contributed by atoms with E-state index in [0.29, 0.717) is 13.2 Å². The van der Waals surface area contributed by atoms with Crippen LogP contribution in [-0.4, -0.2) is 42.5 Å². The van der Waals surface area contributed by atoms with E-state index in [1.54, 1.807) is 11.8 Å². The summed E-state index contributed by atoms with van der Waals surface area (Å²) in [5.74, 6) is 0.594. The molecule has 5 heteroatoms. The van der Waals surface area contributed by atoms with Crippen LogP contribution in [0.5, 0.6) is 5.75 Å². The lowest BCUT2D eigenvalue weighted by Crippen LogP contribution is -2.57. The van der Waals surface area contributed by atoms with Gasteiger partial charge in [-0.2, -0.15) is 0 Å². The summed E-state index contributed by atoms with van der Waals surface area (Å²) in [6.07, 6.45) is 0. The first kappa shape index (κ1) is 13.4. The van der Waals surface area contributed by atoms with Crippen molar-refractivity contribution in [2.75, 3.05) is 19.7 Å². The normalized spacial score (nSPS) is 19.3. The van der Waals surface area contributed by atoms with E-state index in [4.69, 9.17) is 4.74 Å². The Hall–Kier alpha value is -2.04. The van der Waals surface area contributed by atoms with Gasteiger partial charge in [-0.05, 0) is 31.5 Å². The Morgan fingerprint density at radius 3 is 2.95 bits per heavy atom. The molecule has 1 aliphatic heterocycles. The molecule has 1 heterocycles. The van der Waals surface area contributed by atoms with Crippen LogP contribution in [0, 0.1) is 6.92 Å². The zero-order valence-electron chi connectivity index (χ0n) is 11.2. The molecule has 1 aromatic carbocycles. The van der Waals surface area contributed by atoms with Crippen molar-refractivity contribution in [2.24, 2.45) is 0 Å². The second-order valence-corrected chi connectivity index (χ2v) is 4.65. The number of rotatable bonds is 4. The van der Waals surface area contributed by atoms with E-state index in [9.17, 15) is 9.59 Å². The summed E-state index contributed by atoms with van der Waals surface area (Å²) in [6, 6.07) is 7.30. The van der Waals surface area contributed by atoms with E-state index in [2.05, 4.69) is 5.32 Å². The van der Waals surface area contributed by atoms with Gasteiger partial charge in [-0.1, -0.05) is 12.1 Å². The van der Waals surface area contributed by atoms with Crippen LogP contribution in [0.15, 0.2) is 24.3 Å². The first-order valence-electron chi connectivity index (χ1n) is 6.34. The topological polar surface area (TPSA) is 58.6 Å². The van der Waals surface area contributed by atoms with Crippen molar-refractivity contribution in [3.05, 3.63) is 29.8 Å². The molecule has 2 rings (SSSR count). The van der Waals surface area contributed by atoms with Gasteiger partial charge in [0.2, 0.25) is 11.8 Å². The van der Waals surface area contributed by atoms with Crippen molar-refractivity contribution in [1.82, 2.24) is 10.2 Å². The first-order chi connectivity index (χ1) is 9.08. The van der Waals surface area contributed by atoms with Gasteiger partial charge in [0.1, 0.15) is 18.4 Å². The van der Waals surface area contributed by atoms with Crippen molar-refractivity contribution < 1.29 is 14.3 Å². The van der Waals surface area contributed by atoms with Gasteiger partial charge in [0, 0.05) is 0 Å². The van der Waals surface area contributed by atoms with E-state index >= 15 is 0 Å². The summed E-state index contributed by atoms with van der Waals surface area (Å²) in [4.78, 5) is 24.7. The van der Waals surface area contributed by atoms with Crippen molar-refractivity contribution >= 4 is 11.8 Å². The van der Waals surface area contributed by atoms with E-state index in [1.807, 2.05) is 31.2 Å². The lowest BCUT2D eigenvalue weighted by atomic mass is 10.2. The third-order valence-electron chi connectivity index (χ3n) is 3.17. The van der Waals surface area contributed by atoms with E-state index in [0.717, 1.165) is 11.3 Å². The number of carbonyl (C=O) groups excluding carboxylic acids is 2. The quantitative estimate of drug-likeness (QED) is 0.870. The van der Waals surface area contributed by atoms with E-state index < -0.39 is 6.04 Å². The molecule has 1 unspecified atom stereocenters. The molecule has 0 aromatic heterocycles. The Labute approximate surface area is 112 Å². The average molecular weight is 262 g/mol. The molecular formula is C14H18N2O3. The maximum absolute atomic E-state index is 11.7. The molecule has 0 radical (unpaired) electrons. The van der Waals surface area contributed by atoms with Gasteiger partial charge >= 0.3 is 0 Å². The molecule has 0 spiro atoms. The van der Waals surface area contributed by atoms with Crippen LogP contribution in [0.4, 0.5) is 0 Å². The lowest BCUT2D eigenvalue weighted by molar-refractivity contribution is -0.145. The fraction of sp³-hybridized carbons (Fsp3) is 0.429. The predicted molar refractivity (Wildman–Crippen MR) is 70.9 cm³/mol. The molecule has 19 heavy (non-hydrogen) atoms. The Morgan fingerprint density at radius 2 is 2.21 bits per heavy atom. The summed E-state index contributed by atoms with van der Waals surface area (Å²) in [5.41, 5.74) is 1.12. The minimum Gasteiger partial charge on any atom is -0.492 e. The first-order valence-corrected chi connectivity index (χ1v) is 6.34. The second kappa shape index (κ2) is 5.73. The SMILES string of the molecule is Cc1cccc(OCCN2C(=O)CNC(=O)C2C)c1. The highest BCUT2D eigenvalue weighted by molar-refractivity contribution is 5.94. The van der Waals surface area contributed by atoms with Crippen molar-refractivity contribution in [2.45, 2.75) is 19.9 Å². The summed E-state index contributed by atoms with van der Waals surface area (Å²) >= 11 is 0. The van der Waals surface area contributed by atoms with Gasteiger partial charge in [0.15, 0.2) is 0 Å². The number of amides is 2. The van der Waals surface area contributed by atoms with Gasteiger partial charge in [-0.25, -0.2) is 0 Å². The number of nitrogens with one attached hydrogen (secondary N) is 1. The van der Waals surface area contributed by atoms with Gasteiger partial charge in [-0.15, -0.1) is 0 Å². The minimum atomic E-state index is -0.428. The molecule has 2 amide bonds. The van der Waals surface area contributed by atoms with Crippen molar-refractivity contribution in [1.29, 1.82) is 0 Å². The fourth-order valence-corrected chi connectivity index (χ4v) is 2.05. The predicted octanol–water partition coefficient (Wildman–Crippen LogP) is 0.721. The highest BCUT2D eigenvalue weighted by Gasteiger charge is 2.30. The summed E-state index contributed by atoms with van der Waals surface area (Å²) < 4.78 is 5.60. The molecule has 1 aliphatic rings. The Balaban J connectivity index is 1.88. The van der Waals surface area contributed by atoms with Crippen LogP contribution in [0.2, 0.25) is 0 Å². The Bertz CT molecular complexity index is 487. The molecular weight excluding hydrogens is 244 g/mol. The van der Waals surface area contributed by atoms with Crippen LogP contribution in [0.1, 0.15) is 12.5 Å². The second-order valence-electron chi connectivity index (χ2n) is 4.65. The summed E-state index contributed by atoms with van der Waals surface area (Å²) in [5, 5.41) is 2.56. The molecule has 0 saturated carbocycles. The third-order valence-corrected chi connectivity index (χ3v) is 3.17. The zero-order chi connectivity index (χ0) is 13.8. The number of hydrogen-bond acceptors (Lipinski definition) is 3. The maximum atomic E-state index is 11.7. The number of ether oxygens (including phenoxy) is 1. The number of nitrogens with zero attached hydrogens (tertiary/aromatic N) is 1. The number of aryl methyl sites for hydroxylation is 1. The van der Waals surface area contributed by atoms with Crippen LogP contribution in [0.25, 0.3) is 0 Å². The third kappa shape index (κ3) is 3.24. The van der Waals surface area contributed by atoms with Gasteiger partial charge < -0.3 is 15.0 Å². The molecule has 1 N–H and O–H groups in total. The summed E-state index contributed by atoms with van der Waals surface area (Å²) in [6.45, 7) is 4.59. The molecule has 0 bridgehead atoms. The molecule has 1 atom stereocenters. The van der Waals surface area contributed by atoms with Crippen molar-refractivity contribution in [3.63, 3.8) is 0 Å². The molecule has 5 nitrogen and oxygen atoms in total. The highest BCUT2D eigenvalue weighted by atomic mass is 16.5. The Kier molecular flexibility index (Phi) is 4.04. The summed E-state index contributed by atoms with van der Waals surface area (Å²) in [7, 11) is 0. The number of benzene rings is 1. The Morgan fingerprint density at radius 1 is 1.42 bits per heavy atom. The van der Waals surface area contributed by atoms with Gasteiger partial charge in [0.05, 0.1) is 13.1 Å². The van der Waals surface area contributed by atoms with Crippen LogP contribution in [0.3, 0.4) is 0 Å². The molecule has 1 saturated heterocycles. The smallest absolute Gasteiger partial charge is 0.242 e. The molecule has 0 aliphatic carbocycles.